The summed E-state index contributed by atoms with van der Waals surface area (Å²) in [4.78, 5) is 17.9. The molecule has 0 spiro atoms. The van der Waals surface area contributed by atoms with Crippen LogP contribution in [0.2, 0.25) is 4.34 Å². The Balaban J connectivity index is 1.74. The van der Waals surface area contributed by atoms with Gasteiger partial charge in [-0.05, 0) is 24.5 Å². The van der Waals surface area contributed by atoms with E-state index in [9.17, 15) is 4.79 Å². The summed E-state index contributed by atoms with van der Waals surface area (Å²) in [5, 5.41) is 5.49. The molecule has 1 aliphatic carbocycles. The third-order valence-corrected chi connectivity index (χ3v) is 6.24. The Labute approximate surface area is 143 Å². The summed E-state index contributed by atoms with van der Waals surface area (Å²) in [5.74, 6) is 0.560. The molecule has 22 heavy (non-hydrogen) atoms. The summed E-state index contributed by atoms with van der Waals surface area (Å²) in [6.07, 6.45) is 9.00. The molecule has 1 N–H and O–H groups in total. The van der Waals surface area contributed by atoms with Gasteiger partial charge in [0, 0.05) is 16.5 Å². The van der Waals surface area contributed by atoms with Crippen LogP contribution in [-0.2, 0) is 4.79 Å². The predicted octanol–water partition coefficient (Wildman–Crippen LogP) is 5.55. The number of anilines is 1. The lowest BCUT2D eigenvalue weighted by atomic mass is 9.82. The number of thiophene rings is 1. The van der Waals surface area contributed by atoms with Gasteiger partial charge in [0.2, 0.25) is 5.91 Å². The Bertz CT molecular complexity index is 605. The molecule has 2 heterocycles. The molecule has 0 saturated heterocycles. The molecule has 1 atom stereocenters. The number of rotatable bonds is 5. The van der Waals surface area contributed by atoms with Crippen molar-refractivity contribution < 1.29 is 4.79 Å². The number of amides is 1. The third kappa shape index (κ3) is 4.09. The molecule has 1 aliphatic rings. The van der Waals surface area contributed by atoms with Crippen LogP contribution < -0.4 is 5.32 Å². The van der Waals surface area contributed by atoms with Gasteiger partial charge in [0.1, 0.15) is 0 Å². The van der Waals surface area contributed by atoms with E-state index in [1.165, 1.54) is 54.8 Å². The molecule has 6 heteroatoms. The first-order chi connectivity index (χ1) is 10.7. The van der Waals surface area contributed by atoms with Crippen LogP contribution >= 0.6 is 34.3 Å². The first-order valence-corrected chi connectivity index (χ1v) is 9.75. The van der Waals surface area contributed by atoms with E-state index in [1.807, 2.05) is 17.5 Å². The van der Waals surface area contributed by atoms with Crippen LogP contribution in [0.3, 0.4) is 0 Å². The first-order valence-electron chi connectivity index (χ1n) is 7.68. The maximum atomic E-state index is 12.7. The maximum Gasteiger partial charge on any atom is 0.234 e. The molecule has 1 unspecified atom stereocenters. The fraction of sp³-hybridized carbons (Fsp3) is 0.500. The minimum atomic E-state index is -0.121. The van der Waals surface area contributed by atoms with Gasteiger partial charge in [-0.1, -0.05) is 43.7 Å². The van der Waals surface area contributed by atoms with Crippen LogP contribution in [0.25, 0.3) is 0 Å². The fourth-order valence-corrected chi connectivity index (χ4v) is 4.81. The highest BCUT2D eigenvalue weighted by atomic mass is 35.5. The minimum Gasteiger partial charge on any atom is -0.301 e. The van der Waals surface area contributed by atoms with Crippen molar-refractivity contribution in [2.24, 2.45) is 5.92 Å². The summed E-state index contributed by atoms with van der Waals surface area (Å²) < 4.78 is 0.741. The highest BCUT2D eigenvalue weighted by Gasteiger charge is 2.27. The van der Waals surface area contributed by atoms with Crippen molar-refractivity contribution in [3.63, 3.8) is 0 Å². The highest BCUT2D eigenvalue weighted by Crippen LogP contribution is 2.37. The van der Waals surface area contributed by atoms with Crippen LogP contribution in [-0.4, -0.2) is 10.9 Å². The molecular formula is C16H19ClN2OS2. The lowest BCUT2D eigenvalue weighted by Crippen LogP contribution is -2.23. The molecule has 1 fully saturated rings. The fourth-order valence-electron chi connectivity index (χ4n) is 3.10. The van der Waals surface area contributed by atoms with Gasteiger partial charge in [-0.15, -0.1) is 22.7 Å². The Hall–Kier alpha value is -0.910. The van der Waals surface area contributed by atoms with Gasteiger partial charge < -0.3 is 5.32 Å². The van der Waals surface area contributed by atoms with Crippen LogP contribution in [0.15, 0.2) is 23.7 Å². The zero-order valence-electron chi connectivity index (χ0n) is 12.3. The van der Waals surface area contributed by atoms with Gasteiger partial charge in [-0.25, -0.2) is 4.98 Å². The van der Waals surface area contributed by atoms with Gasteiger partial charge >= 0.3 is 0 Å². The molecule has 2 aromatic heterocycles. The summed E-state index contributed by atoms with van der Waals surface area (Å²) in [5.41, 5.74) is 0. The first kappa shape index (κ1) is 16.0. The Morgan fingerprint density at radius 2 is 2.18 bits per heavy atom. The van der Waals surface area contributed by atoms with Gasteiger partial charge in [-0.2, -0.15) is 0 Å². The standard InChI is InChI=1S/C16H19ClN2OS2/c17-14-7-6-13(22-14)12(10-11-4-2-1-3-5-11)15(20)19-16-18-8-9-21-16/h6-9,11-12H,1-5,10H2,(H,18,19,20). The molecule has 2 aromatic rings. The zero-order valence-corrected chi connectivity index (χ0v) is 14.6. The number of aromatic nitrogens is 1. The highest BCUT2D eigenvalue weighted by molar-refractivity contribution is 7.16. The number of nitrogens with zero attached hydrogens (tertiary/aromatic N) is 1. The molecule has 0 bridgehead atoms. The largest absolute Gasteiger partial charge is 0.301 e. The number of halogens is 1. The SMILES string of the molecule is O=C(Nc1nccs1)C(CC1CCCCC1)c1ccc(Cl)s1. The van der Waals surface area contributed by atoms with E-state index in [1.54, 1.807) is 6.20 Å². The second-order valence-electron chi connectivity index (χ2n) is 5.76. The molecule has 1 amide bonds. The number of thiazole rings is 1. The van der Waals surface area contributed by atoms with Gasteiger partial charge in [-0.3, -0.25) is 4.79 Å². The number of carbonyl (C=O) groups is 1. The number of nitrogens with one attached hydrogen (secondary N) is 1. The Morgan fingerprint density at radius 1 is 1.36 bits per heavy atom. The topological polar surface area (TPSA) is 42.0 Å². The van der Waals surface area contributed by atoms with E-state index in [0.29, 0.717) is 11.0 Å². The van der Waals surface area contributed by atoms with Crippen molar-refractivity contribution in [3.05, 3.63) is 32.9 Å². The molecule has 0 aliphatic heterocycles. The molecule has 3 rings (SSSR count). The Morgan fingerprint density at radius 3 is 2.82 bits per heavy atom. The van der Waals surface area contributed by atoms with Gasteiger partial charge in [0.25, 0.3) is 0 Å². The van der Waals surface area contributed by atoms with Crippen molar-refractivity contribution in [3.8, 4) is 0 Å². The average molecular weight is 355 g/mol. The number of hydrogen-bond acceptors (Lipinski definition) is 4. The molecule has 1 saturated carbocycles. The summed E-state index contributed by atoms with van der Waals surface area (Å²) in [7, 11) is 0. The summed E-state index contributed by atoms with van der Waals surface area (Å²) in [6, 6.07) is 3.87. The zero-order chi connectivity index (χ0) is 15.4. The normalized spacial score (nSPS) is 17.3. The van der Waals surface area contributed by atoms with Crippen molar-refractivity contribution in [2.75, 3.05) is 5.32 Å². The monoisotopic (exact) mass is 354 g/mol. The average Bonchev–Trinajstić information content (AvgIpc) is 3.17. The molecule has 0 aromatic carbocycles. The minimum absolute atomic E-state index is 0.0408. The van der Waals surface area contributed by atoms with Crippen LogP contribution in [0.4, 0.5) is 5.13 Å². The van der Waals surface area contributed by atoms with E-state index >= 15 is 0 Å². The second kappa shape index (κ2) is 7.57. The molecule has 118 valence electrons. The van der Waals surface area contributed by atoms with Gasteiger partial charge in [0.05, 0.1) is 10.3 Å². The lowest BCUT2D eigenvalue weighted by Gasteiger charge is -2.25. The quantitative estimate of drug-likeness (QED) is 0.764. The number of carbonyl (C=O) groups excluding carboxylic acids is 1. The van der Waals surface area contributed by atoms with Crippen LogP contribution in [0.5, 0.6) is 0 Å². The number of hydrogen-bond donors (Lipinski definition) is 1. The second-order valence-corrected chi connectivity index (χ2v) is 8.40. The predicted molar refractivity (Wildman–Crippen MR) is 94.0 cm³/mol. The van der Waals surface area contributed by atoms with E-state index in [-0.39, 0.29) is 11.8 Å². The van der Waals surface area contributed by atoms with E-state index in [4.69, 9.17) is 11.6 Å². The summed E-state index contributed by atoms with van der Waals surface area (Å²) in [6.45, 7) is 0. The molecule has 3 nitrogen and oxygen atoms in total. The maximum absolute atomic E-state index is 12.7. The van der Waals surface area contributed by atoms with Crippen molar-refractivity contribution in [1.29, 1.82) is 0 Å². The van der Waals surface area contributed by atoms with Crippen molar-refractivity contribution in [2.45, 2.75) is 44.4 Å². The van der Waals surface area contributed by atoms with Crippen molar-refractivity contribution >= 4 is 45.3 Å². The van der Waals surface area contributed by atoms with Gasteiger partial charge in [0.15, 0.2) is 5.13 Å². The van der Waals surface area contributed by atoms with E-state index in [2.05, 4.69) is 10.3 Å². The lowest BCUT2D eigenvalue weighted by molar-refractivity contribution is -0.118. The third-order valence-electron chi connectivity index (χ3n) is 4.21. The van der Waals surface area contributed by atoms with Crippen molar-refractivity contribution in [1.82, 2.24) is 4.98 Å². The smallest absolute Gasteiger partial charge is 0.234 e. The summed E-state index contributed by atoms with van der Waals surface area (Å²) >= 11 is 9.03. The Kier molecular flexibility index (Phi) is 5.50. The van der Waals surface area contributed by atoms with Crippen LogP contribution in [0, 0.1) is 5.92 Å². The van der Waals surface area contributed by atoms with E-state index in [0.717, 1.165) is 15.6 Å². The molecular weight excluding hydrogens is 336 g/mol. The van der Waals surface area contributed by atoms with Crippen LogP contribution in [0.1, 0.15) is 49.3 Å². The molecule has 0 radical (unpaired) electrons. The van der Waals surface area contributed by atoms with E-state index < -0.39 is 0 Å².